The molecule has 6 heteroatoms. The van der Waals surface area contributed by atoms with E-state index >= 15 is 0 Å². The Morgan fingerprint density at radius 1 is 1.53 bits per heavy atom. The molecule has 1 atom stereocenters. The summed E-state index contributed by atoms with van der Waals surface area (Å²) >= 11 is 0. The number of piperazine rings is 1. The van der Waals surface area contributed by atoms with E-state index in [1.54, 1.807) is 12.1 Å². The molecule has 0 aliphatic carbocycles. The van der Waals surface area contributed by atoms with Crippen molar-refractivity contribution in [2.24, 2.45) is 5.73 Å². The molecule has 1 saturated heterocycles. The van der Waals surface area contributed by atoms with E-state index in [9.17, 15) is 4.79 Å². The molecule has 6 nitrogen and oxygen atoms in total. The Morgan fingerprint density at radius 2 is 2.12 bits per heavy atom. The first-order valence-corrected chi connectivity index (χ1v) is 5.78. The van der Waals surface area contributed by atoms with E-state index in [-0.39, 0.29) is 17.8 Å². The number of nitrogens with zero attached hydrogens (tertiary/aromatic N) is 3. The highest BCUT2D eigenvalue weighted by Gasteiger charge is 2.39. The third-order valence-corrected chi connectivity index (χ3v) is 3.11. The zero-order chi connectivity index (χ0) is 13.2. The van der Waals surface area contributed by atoms with Crippen molar-refractivity contribution in [2.75, 3.05) is 20.6 Å². The lowest BCUT2D eigenvalue weighted by molar-refractivity contribution is -0.139. The van der Waals surface area contributed by atoms with E-state index < -0.39 is 0 Å². The summed E-state index contributed by atoms with van der Waals surface area (Å²) in [5.41, 5.74) is 5.94. The summed E-state index contributed by atoms with van der Waals surface area (Å²) < 4.78 is 0. The van der Waals surface area contributed by atoms with Crippen LogP contribution in [0.15, 0.2) is 11.9 Å². The van der Waals surface area contributed by atoms with Crippen LogP contribution in [0.1, 0.15) is 20.3 Å². The topological polar surface area (TPSA) is 76.7 Å². The van der Waals surface area contributed by atoms with Gasteiger partial charge in [0.25, 0.3) is 5.91 Å². The summed E-state index contributed by atoms with van der Waals surface area (Å²) in [4.78, 5) is 13.6. The van der Waals surface area contributed by atoms with Crippen molar-refractivity contribution >= 4 is 11.7 Å². The lowest BCUT2D eigenvalue weighted by Crippen LogP contribution is -2.61. The number of amides is 1. The van der Waals surface area contributed by atoms with Crippen LogP contribution in [-0.4, -0.2) is 53.3 Å². The molecule has 0 aromatic carbocycles. The largest absolute Gasteiger partial charge is 0.403 e. The van der Waals surface area contributed by atoms with Gasteiger partial charge in [-0.25, -0.2) is 5.01 Å². The lowest BCUT2D eigenvalue weighted by Gasteiger charge is -2.45. The van der Waals surface area contributed by atoms with Gasteiger partial charge in [0.2, 0.25) is 0 Å². The van der Waals surface area contributed by atoms with Gasteiger partial charge in [-0.05, 0) is 6.42 Å². The Labute approximate surface area is 102 Å². The third-order valence-electron chi connectivity index (χ3n) is 3.11. The Kier molecular flexibility index (Phi) is 4.11. The van der Waals surface area contributed by atoms with Crippen molar-refractivity contribution in [3.8, 4) is 0 Å². The first kappa shape index (κ1) is 13.5. The van der Waals surface area contributed by atoms with Crippen LogP contribution in [0.3, 0.4) is 0 Å². The first-order valence-electron chi connectivity index (χ1n) is 5.78. The van der Waals surface area contributed by atoms with Gasteiger partial charge in [0, 0.05) is 26.8 Å². The number of amidine groups is 1. The van der Waals surface area contributed by atoms with Gasteiger partial charge in [0.05, 0.1) is 0 Å². The number of nitrogens with two attached hydrogens (primary N) is 1. The maximum atomic E-state index is 12.2. The number of rotatable bonds is 3. The van der Waals surface area contributed by atoms with E-state index in [1.807, 2.05) is 25.9 Å². The highest BCUT2D eigenvalue weighted by Crippen LogP contribution is 2.22. The average Bonchev–Trinajstić information content (AvgIpc) is 2.33. The molecule has 1 heterocycles. The number of carbonyl (C=O) groups excluding carboxylic acids is 1. The zero-order valence-electron chi connectivity index (χ0n) is 10.9. The Morgan fingerprint density at radius 3 is 2.53 bits per heavy atom. The molecule has 1 amide bonds. The number of likely N-dealkylation sites (N-methyl/N-ethyl adjacent to an activating group) is 1. The second-order valence-electron chi connectivity index (χ2n) is 4.04. The molecular weight excluding hydrogens is 218 g/mol. The summed E-state index contributed by atoms with van der Waals surface area (Å²) in [5.74, 6) is 0.242. The van der Waals surface area contributed by atoms with Crippen LogP contribution in [0.5, 0.6) is 0 Å². The second-order valence-corrected chi connectivity index (χ2v) is 4.04. The van der Waals surface area contributed by atoms with Crippen molar-refractivity contribution in [3.63, 3.8) is 0 Å². The summed E-state index contributed by atoms with van der Waals surface area (Å²) in [5, 5.41) is 11.7. The Bertz CT molecular complexity index is 352. The molecule has 1 unspecified atom stereocenters. The minimum atomic E-state index is -0.318. The molecule has 0 aromatic rings. The minimum absolute atomic E-state index is 0.0273. The fourth-order valence-electron chi connectivity index (χ4n) is 1.98. The van der Waals surface area contributed by atoms with Gasteiger partial charge in [-0.15, -0.1) is 0 Å². The summed E-state index contributed by atoms with van der Waals surface area (Å²) in [6.45, 7) is 4.65. The normalized spacial score (nSPS) is 24.1. The van der Waals surface area contributed by atoms with Crippen LogP contribution in [0.4, 0.5) is 0 Å². The highest BCUT2D eigenvalue weighted by atomic mass is 16.2. The molecule has 96 valence electrons. The molecule has 1 rings (SSSR count). The van der Waals surface area contributed by atoms with Crippen molar-refractivity contribution in [1.82, 2.24) is 14.9 Å². The van der Waals surface area contributed by atoms with Crippen LogP contribution in [0, 0.1) is 5.41 Å². The molecule has 0 saturated carbocycles. The molecule has 0 radical (unpaired) electrons. The number of nitrogens with one attached hydrogen (secondary N) is 1. The molecule has 0 aromatic heterocycles. The molecule has 1 fully saturated rings. The van der Waals surface area contributed by atoms with E-state index in [1.165, 1.54) is 11.1 Å². The second kappa shape index (κ2) is 5.18. The molecular formula is C11H21N5O. The first-order chi connectivity index (χ1) is 7.99. The van der Waals surface area contributed by atoms with Crippen LogP contribution < -0.4 is 5.73 Å². The third kappa shape index (κ3) is 2.12. The van der Waals surface area contributed by atoms with Gasteiger partial charge in [0.1, 0.15) is 11.7 Å². The Balaban J connectivity index is 3.16. The lowest BCUT2D eigenvalue weighted by atomic mass is 10.1. The van der Waals surface area contributed by atoms with Crippen LogP contribution in [0.25, 0.3) is 0 Å². The molecule has 17 heavy (non-hydrogen) atoms. The predicted molar refractivity (Wildman–Crippen MR) is 67.0 cm³/mol. The van der Waals surface area contributed by atoms with Crippen LogP contribution in [-0.2, 0) is 4.79 Å². The zero-order valence-corrected chi connectivity index (χ0v) is 10.9. The van der Waals surface area contributed by atoms with Crippen molar-refractivity contribution in [1.29, 1.82) is 5.41 Å². The van der Waals surface area contributed by atoms with Crippen molar-refractivity contribution < 1.29 is 4.79 Å². The minimum Gasteiger partial charge on any atom is -0.403 e. The highest BCUT2D eigenvalue weighted by molar-refractivity contribution is 6.05. The molecule has 0 spiro atoms. The van der Waals surface area contributed by atoms with Gasteiger partial charge in [-0.3, -0.25) is 15.2 Å². The Hall–Kier alpha value is -1.56. The van der Waals surface area contributed by atoms with Gasteiger partial charge in [-0.2, -0.15) is 0 Å². The molecule has 3 N–H and O–H groups in total. The molecule has 1 aliphatic heterocycles. The fourth-order valence-corrected chi connectivity index (χ4v) is 1.98. The predicted octanol–water partition coefficient (Wildman–Crippen LogP) is 0.183. The molecule has 1 aliphatic rings. The van der Waals surface area contributed by atoms with E-state index in [2.05, 4.69) is 0 Å². The average molecular weight is 239 g/mol. The standard InChI is InChI=1S/C11H21N5O/c1-5-8-11(17)15(4)9(7-12)10(13)16(8)14(3)6-2/h7-8,13H,5-6,12H2,1-4H3/b9-7+,13-10?. The maximum absolute atomic E-state index is 12.2. The fraction of sp³-hybridized carbons (Fsp3) is 0.636. The molecule has 0 bridgehead atoms. The van der Waals surface area contributed by atoms with Gasteiger partial charge in [-0.1, -0.05) is 13.8 Å². The number of hydrogen-bond acceptors (Lipinski definition) is 4. The van der Waals surface area contributed by atoms with Crippen LogP contribution in [0.2, 0.25) is 0 Å². The van der Waals surface area contributed by atoms with Crippen LogP contribution >= 0.6 is 0 Å². The quantitative estimate of drug-likeness (QED) is 0.736. The summed E-state index contributed by atoms with van der Waals surface area (Å²) in [6.07, 6.45) is 1.97. The maximum Gasteiger partial charge on any atom is 0.251 e. The van der Waals surface area contributed by atoms with E-state index in [0.29, 0.717) is 12.1 Å². The number of hydrogen-bond donors (Lipinski definition) is 2. The summed E-state index contributed by atoms with van der Waals surface area (Å²) in [7, 11) is 3.52. The van der Waals surface area contributed by atoms with Crippen molar-refractivity contribution in [3.05, 3.63) is 11.9 Å². The number of hydrazine groups is 1. The van der Waals surface area contributed by atoms with E-state index in [0.717, 1.165) is 6.54 Å². The van der Waals surface area contributed by atoms with Gasteiger partial charge in [0.15, 0.2) is 5.84 Å². The summed E-state index contributed by atoms with van der Waals surface area (Å²) in [6, 6.07) is -0.318. The SMILES string of the molecule is CCC1C(=O)N(C)/C(=C/N)C(=N)N1N(C)CC. The van der Waals surface area contributed by atoms with Gasteiger partial charge >= 0.3 is 0 Å². The number of carbonyl (C=O) groups is 1. The van der Waals surface area contributed by atoms with Gasteiger partial charge < -0.3 is 10.6 Å². The van der Waals surface area contributed by atoms with E-state index in [4.69, 9.17) is 11.1 Å². The smallest absolute Gasteiger partial charge is 0.251 e. The monoisotopic (exact) mass is 239 g/mol. The van der Waals surface area contributed by atoms with Crippen molar-refractivity contribution in [2.45, 2.75) is 26.3 Å².